The van der Waals surface area contributed by atoms with Gasteiger partial charge in [0, 0.05) is 23.2 Å². The van der Waals surface area contributed by atoms with Crippen LogP contribution in [0.25, 0.3) is 0 Å². The number of carboxylic acid groups (broad SMARTS) is 1. The van der Waals surface area contributed by atoms with Gasteiger partial charge >= 0.3 is 5.97 Å². The van der Waals surface area contributed by atoms with Crippen LogP contribution in [0.1, 0.15) is 35.1 Å². The summed E-state index contributed by atoms with van der Waals surface area (Å²) in [6.45, 7) is 5.69. The molecule has 1 rings (SSSR count). The first-order chi connectivity index (χ1) is 8.82. The maximum absolute atomic E-state index is 11.8. The van der Waals surface area contributed by atoms with Gasteiger partial charge in [-0.2, -0.15) is 0 Å². The van der Waals surface area contributed by atoms with E-state index in [-0.39, 0.29) is 5.91 Å². The van der Waals surface area contributed by atoms with Crippen molar-refractivity contribution in [3.05, 3.63) is 21.4 Å². The predicted octanol–water partition coefficient (Wildman–Crippen LogP) is 2.62. The van der Waals surface area contributed by atoms with Gasteiger partial charge in [-0.05, 0) is 45.2 Å². The second kappa shape index (κ2) is 6.70. The lowest BCUT2D eigenvalue weighted by Gasteiger charge is -2.21. The van der Waals surface area contributed by atoms with Gasteiger partial charge < -0.3 is 10.0 Å². The Labute approximate surface area is 118 Å². The van der Waals surface area contributed by atoms with Crippen LogP contribution in [-0.4, -0.2) is 35.0 Å². The lowest BCUT2D eigenvalue weighted by Crippen LogP contribution is -2.40. The van der Waals surface area contributed by atoms with Crippen LogP contribution >= 0.6 is 11.3 Å². The highest BCUT2D eigenvalue weighted by atomic mass is 32.1. The van der Waals surface area contributed by atoms with E-state index >= 15 is 0 Å². The van der Waals surface area contributed by atoms with Crippen LogP contribution in [0.4, 0.5) is 0 Å². The molecule has 0 aliphatic heterocycles. The van der Waals surface area contributed by atoms with E-state index in [4.69, 9.17) is 5.11 Å². The molecule has 1 atom stereocenters. The van der Waals surface area contributed by atoms with Crippen LogP contribution in [-0.2, 0) is 16.0 Å². The minimum absolute atomic E-state index is 0.112. The van der Waals surface area contributed by atoms with Gasteiger partial charge in [-0.15, -0.1) is 11.3 Å². The van der Waals surface area contributed by atoms with Crippen molar-refractivity contribution in [1.29, 1.82) is 0 Å². The summed E-state index contributed by atoms with van der Waals surface area (Å²) in [5.74, 6) is -1.08. The summed E-state index contributed by atoms with van der Waals surface area (Å²) in [6.07, 6.45) is 2.02. The number of carboxylic acids is 1. The van der Waals surface area contributed by atoms with Gasteiger partial charge in [-0.1, -0.05) is 0 Å². The number of likely N-dealkylation sites (N-methyl/N-ethyl adjacent to an activating group) is 1. The Morgan fingerprint density at radius 3 is 2.53 bits per heavy atom. The molecule has 1 amide bonds. The minimum Gasteiger partial charge on any atom is -0.480 e. The summed E-state index contributed by atoms with van der Waals surface area (Å²) >= 11 is 1.77. The van der Waals surface area contributed by atoms with Gasteiger partial charge in [0.15, 0.2) is 0 Å². The molecule has 4 nitrogen and oxygen atoms in total. The summed E-state index contributed by atoms with van der Waals surface area (Å²) in [7, 11) is 1.54. The highest BCUT2D eigenvalue weighted by Crippen LogP contribution is 2.22. The molecule has 0 bridgehead atoms. The van der Waals surface area contributed by atoms with Crippen LogP contribution in [0.5, 0.6) is 0 Å². The molecule has 0 aliphatic carbocycles. The third-order valence-corrected chi connectivity index (χ3v) is 4.32. The van der Waals surface area contributed by atoms with E-state index in [9.17, 15) is 9.59 Å². The number of aryl methyl sites for hydroxylation is 3. The topological polar surface area (TPSA) is 57.6 Å². The molecule has 5 heteroatoms. The van der Waals surface area contributed by atoms with Gasteiger partial charge in [-0.3, -0.25) is 4.79 Å². The van der Waals surface area contributed by atoms with E-state index in [2.05, 4.69) is 19.9 Å². The normalized spacial score (nSPS) is 12.2. The molecule has 1 aromatic heterocycles. The van der Waals surface area contributed by atoms with Crippen molar-refractivity contribution in [2.75, 3.05) is 7.05 Å². The summed E-state index contributed by atoms with van der Waals surface area (Å²) in [6, 6.07) is 1.39. The molecule has 0 saturated carbocycles. The van der Waals surface area contributed by atoms with Crippen molar-refractivity contribution in [3.8, 4) is 0 Å². The molecule has 1 heterocycles. The fourth-order valence-electron chi connectivity index (χ4n) is 1.92. The fraction of sp³-hybridized carbons (Fsp3) is 0.571. The van der Waals surface area contributed by atoms with Crippen molar-refractivity contribution in [2.45, 2.75) is 46.1 Å². The lowest BCUT2D eigenvalue weighted by molar-refractivity contribution is -0.148. The maximum Gasteiger partial charge on any atom is 0.326 e. The number of aliphatic carboxylic acids is 1. The van der Waals surface area contributed by atoms with Crippen molar-refractivity contribution in [2.24, 2.45) is 0 Å². The highest BCUT2D eigenvalue weighted by molar-refractivity contribution is 7.12. The average molecular weight is 283 g/mol. The number of carbonyl (C=O) groups excluding carboxylic acids is 1. The fourth-order valence-corrected chi connectivity index (χ4v) is 2.90. The number of thiophene rings is 1. The van der Waals surface area contributed by atoms with Crippen molar-refractivity contribution in [3.63, 3.8) is 0 Å². The Bertz CT molecular complexity index is 467. The maximum atomic E-state index is 11.8. The molecular formula is C14H21NO3S. The predicted molar refractivity (Wildman–Crippen MR) is 76.6 cm³/mol. The molecule has 0 aromatic carbocycles. The standard InChI is InChI=1S/C14H21NO3S/c1-9-8-12(11(3)19-9)6-5-7-13(16)15(4)10(2)14(17)18/h8,10H,5-7H2,1-4H3,(H,17,18). The van der Waals surface area contributed by atoms with Crippen molar-refractivity contribution >= 4 is 23.2 Å². The Kier molecular flexibility index (Phi) is 5.54. The van der Waals surface area contributed by atoms with Crippen LogP contribution in [0.2, 0.25) is 0 Å². The van der Waals surface area contributed by atoms with E-state index in [0.29, 0.717) is 6.42 Å². The quantitative estimate of drug-likeness (QED) is 0.873. The van der Waals surface area contributed by atoms with E-state index in [1.807, 2.05) is 0 Å². The molecule has 1 aromatic rings. The number of carbonyl (C=O) groups is 2. The number of nitrogens with zero attached hydrogens (tertiary/aromatic N) is 1. The zero-order valence-electron chi connectivity index (χ0n) is 11.9. The first-order valence-electron chi connectivity index (χ1n) is 6.37. The van der Waals surface area contributed by atoms with Gasteiger partial charge in [0.2, 0.25) is 5.91 Å². The molecule has 19 heavy (non-hydrogen) atoms. The molecule has 0 aliphatic rings. The molecular weight excluding hydrogens is 262 g/mol. The van der Waals surface area contributed by atoms with Gasteiger partial charge in [0.25, 0.3) is 0 Å². The van der Waals surface area contributed by atoms with Gasteiger partial charge in [0.05, 0.1) is 0 Å². The summed E-state index contributed by atoms with van der Waals surface area (Å²) in [4.78, 5) is 26.5. The molecule has 0 spiro atoms. The Morgan fingerprint density at radius 1 is 1.42 bits per heavy atom. The largest absolute Gasteiger partial charge is 0.480 e. The van der Waals surface area contributed by atoms with E-state index in [1.54, 1.807) is 18.4 Å². The Hall–Kier alpha value is -1.36. The van der Waals surface area contributed by atoms with Gasteiger partial charge in [0.1, 0.15) is 6.04 Å². The smallest absolute Gasteiger partial charge is 0.326 e. The third-order valence-electron chi connectivity index (χ3n) is 3.31. The first-order valence-corrected chi connectivity index (χ1v) is 7.19. The number of hydrogen-bond donors (Lipinski definition) is 1. The average Bonchev–Trinajstić information content (AvgIpc) is 2.65. The first kappa shape index (κ1) is 15.7. The minimum atomic E-state index is -0.972. The second-order valence-corrected chi connectivity index (χ2v) is 6.27. The SMILES string of the molecule is Cc1cc(CCCC(=O)N(C)C(C)C(=O)O)c(C)s1. The third kappa shape index (κ3) is 4.35. The van der Waals surface area contributed by atoms with Crippen LogP contribution < -0.4 is 0 Å². The van der Waals surface area contributed by atoms with Crippen molar-refractivity contribution in [1.82, 2.24) is 4.90 Å². The molecule has 0 radical (unpaired) electrons. The molecule has 106 valence electrons. The second-order valence-electron chi connectivity index (χ2n) is 4.81. The molecule has 0 saturated heterocycles. The van der Waals surface area contributed by atoms with E-state index < -0.39 is 12.0 Å². The van der Waals surface area contributed by atoms with Gasteiger partial charge in [-0.25, -0.2) is 4.79 Å². The van der Waals surface area contributed by atoms with Crippen LogP contribution in [0, 0.1) is 13.8 Å². The van der Waals surface area contributed by atoms with Crippen LogP contribution in [0.15, 0.2) is 6.07 Å². The Balaban J connectivity index is 2.43. The van der Waals surface area contributed by atoms with E-state index in [0.717, 1.165) is 12.8 Å². The molecule has 1 unspecified atom stereocenters. The summed E-state index contributed by atoms with van der Waals surface area (Å²) in [5, 5.41) is 8.85. The molecule has 0 fully saturated rings. The number of hydrogen-bond acceptors (Lipinski definition) is 3. The highest BCUT2D eigenvalue weighted by Gasteiger charge is 2.21. The number of amides is 1. The number of rotatable bonds is 6. The molecule has 1 N–H and O–H groups in total. The van der Waals surface area contributed by atoms with Crippen molar-refractivity contribution < 1.29 is 14.7 Å². The lowest BCUT2D eigenvalue weighted by atomic mass is 10.1. The summed E-state index contributed by atoms with van der Waals surface area (Å²) in [5.41, 5.74) is 1.30. The Morgan fingerprint density at radius 2 is 2.05 bits per heavy atom. The van der Waals surface area contributed by atoms with E-state index in [1.165, 1.54) is 27.1 Å². The summed E-state index contributed by atoms with van der Waals surface area (Å²) < 4.78 is 0. The monoisotopic (exact) mass is 283 g/mol. The zero-order valence-corrected chi connectivity index (χ0v) is 12.7. The zero-order chi connectivity index (χ0) is 14.6. The van der Waals surface area contributed by atoms with Crippen LogP contribution in [0.3, 0.4) is 0 Å².